The lowest BCUT2D eigenvalue weighted by Crippen LogP contribution is -2.06. The molecule has 1 unspecified atom stereocenters. The number of allylic oxidation sites excluding steroid dienone is 1. The molecule has 0 amide bonds. The number of anilines is 1. The SMILES string of the molecule is N#C/C(=C(\N)Sc1ccccc1N)c1cccc(C(O)c2ccc([N+](=O)[O-])cc2[N+](=O)[O-])c1. The lowest BCUT2D eigenvalue weighted by molar-refractivity contribution is -0.394. The minimum atomic E-state index is -1.47. The summed E-state index contributed by atoms with van der Waals surface area (Å²) in [5.41, 5.74) is 12.2. The molecule has 0 bridgehead atoms. The minimum absolute atomic E-state index is 0.121. The van der Waals surface area contributed by atoms with Gasteiger partial charge in [-0.05, 0) is 35.4 Å². The fraction of sp³-hybridized carbons (Fsp3) is 0.0455. The second kappa shape index (κ2) is 9.82. The number of aliphatic hydroxyl groups is 1. The van der Waals surface area contributed by atoms with Crippen LogP contribution in [0.2, 0.25) is 0 Å². The Balaban J connectivity index is 2.01. The molecule has 0 aliphatic heterocycles. The molecule has 0 spiro atoms. The Labute approximate surface area is 192 Å². The van der Waals surface area contributed by atoms with Gasteiger partial charge >= 0.3 is 0 Å². The summed E-state index contributed by atoms with van der Waals surface area (Å²) >= 11 is 1.11. The third-order valence-electron chi connectivity index (χ3n) is 4.70. The lowest BCUT2D eigenvalue weighted by Gasteiger charge is -2.14. The molecule has 11 heteroatoms. The Morgan fingerprint density at radius 3 is 2.39 bits per heavy atom. The van der Waals surface area contributed by atoms with Gasteiger partial charge in [0.15, 0.2) is 0 Å². The molecule has 0 saturated heterocycles. The van der Waals surface area contributed by atoms with Crippen molar-refractivity contribution in [3.8, 4) is 6.07 Å². The van der Waals surface area contributed by atoms with E-state index in [1.54, 1.807) is 36.4 Å². The first kappa shape index (κ1) is 23.3. The van der Waals surface area contributed by atoms with Crippen LogP contribution < -0.4 is 11.5 Å². The van der Waals surface area contributed by atoms with Crippen molar-refractivity contribution in [2.75, 3.05) is 5.73 Å². The number of benzene rings is 3. The van der Waals surface area contributed by atoms with E-state index in [2.05, 4.69) is 0 Å². The molecule has 33 heavy (non-hydrogen) atoms. The number of hydrogen-bond donors (Lipinski definition) is 3. The van der Waals surface area contributed by atoms with Gasteiger partial charge in [-0.25, -0.2) is 0 Å². The monoisotopic (exact) mass is 463 g/mol. The van der Waals surface area contributed by atoms with Crippen LogP contribution in [0.25, 0.3) is 5.57 Å². The van der Waals surface area contributed by atoms with Crippen molar-refractivity contribution in [2.24, 2.45) is 5.73 Å². The molecule has 3 aromatic rings. The normalized spacial score (nSPS) is 12.4. The number of nitrogens with zero attached hydrogens (tertiary/aromatic N) is 3. The van der Waals surface area contributed by atoms with E-state index < -0.39 is 27.3 Å². The van der Waals surface area contributed by atoms with E-state index >= 15 is 0 Å². The number of nitriles is 1. The van der Waals surface area contributed by atoms with E-state index in [-0.39, 0.29) is 21.7 Å². The van der Waals surface area contributed by atoms with Crippen LogP contribution >= 0.6 is 11.8 Å². The van der Waals surface area contributed by atoms with Crippen molar-refractivity contribution in [2.45, 2.75) is 11.0 Å². The highest BCUT2D eigenvalue weighted by Gasteiger charge is 2.25. The summed E-state index contributed by atoms with van der Waals surface area (Å²) in [7, 11) is 0. The fourth-order valence-electron chi connectivity index (χ4n) is 3.08. The van der Waals surface area contributed by atoms with Gasteiger partial charge in [0.1, 0.15) is 12.2 Å². The van der Waals surface area contributed by atoms with Crippen molar-refractivity contribution in [1.82, 2.24) is 0 Å². The van der Waals surface area contributed by atoms with Gasteiger partial charge in [-0.3, -0.25) is 20.2 Å². The average Bonchev–Trinajstić information content (AvgIpc) is 2.80. The van der Waals surface area contributed by atoms with Crippen molar-refractivity contribution < 1.29 is 15.0 Å². The lowest BCUT2D eigenvalue weighted by atomic mass is 9.96. The van der Waals surface area contributed by atoms with Gasteiger partial charge < -0.3 is 16.6 Å². The number of nitrogens with two attached hydrogens (primary N) is 2. The molecular formula is C22H17N5O5S. The second-order valence-electron chi connectivity index (χ2n) is 6.78. The van der Waals surface area contributed by atoms with Crippen molar-refractivity contribution in [3.05, 3.63) is 109 Å². The van der Waals surface area contributed by atoms with Crippen LogP contribution in [0, 0.1) is 31.6 Å². The average molecular weight is 463 g/mol. The first-order valence-electron chi connectivity index (χ1n) is 9.36. The molecule has 166 valence electrons. The fourth-order valence-corrected chi connectivity index (χ4v) is 3.92. The number of para-hydroxylation sites is 1. The zero-order valence-electron chi connectivity index (χ0n) is 16.9. The molecule has 1 atom stereocenters. The highest BCUT2D eigenvalue weighted by atomic mass is 32.2. The van der Waals surface area contributed by atoms with Crippen LogP contribution in [0.4, 0.5) is 17.1 Å². The summed E-state index contributed by atoms with van der Waals surface area (Å²) < 4.78 is 0. The van der Waals surface area contributed by atoms with Crippen LogP contribution in [-0.4, -0.2) is 15.0 Å². The molecule has 0 saturated carbocycles. The minimum Gasteiger partial charge on any atom is -0.398 e. The van der Waals surface area contributed by atoms with Crippen LogP contribution in [-0.2, 0) is 0 Å². The predicted octanol–water partition coefficient (Wildman–Crippen LogP) is 4.11. The van der Waals surface area contributed by atoms with E-state index in [1.807, 2.05) is 6.07 Å². The topological polar surface area (TPSA) is 182 Å². The van der Waals surface area contributed by atoms with Crippen LogP contribution in [0.1, 0.15) is 22.8 Å². The highest BCUT2D eigenvalue weighted by Crippen LogP contribution is 2.36. The largest absolute Gasteiger partial charge is 0.398 e. The summed E-state index contributed by atoms with van der Waals surface area (Å²) in [5.74, 6) is 0. The first-order valence-corrected chi connectivity index (χ1v) is 10.2. The Hall–Kier alpha value is -4.40. The van der Waals surface area contributed by atoms with Gasteiger partial charge in [-0.1, -0.05) is 42.1 Å². The quantitative estimate of drug-likeness (QED) is 0.152. The summed E-state index contributed by atoms with van der Waals surface area (Å²) in [6.45, 7) is 0. The molecule has 0 aliphatic carbocycles. The molecule has 0 aliphatic rings. The van der Waals surface area contributed by atoms with Gasteiger partial charge in [0, 0.05) is 16.6 Å². The Morgan fingerprint density at radius 1 is 1.03 bits per heavy atom. The Kier molecular flexibility index (Phi) is 6.92. The Bertz CT molecular complexity index is 1320. The first-order chi connectivity index (χ1) is 15.7. The third kappa shape index (κ3) is 5.09. The van der Waals surface area contributed by atoms with Crippen molar-refractivity contribution in [1.29, 1.82) is 5.26 Å². The molecule has 3 aromatic carbocycles. The predicted molar refractivity (Wildman–Crippen MR) is 124 cm³/mol. The van der Waals surface area contributed by atoms with Gasteiger partial charge in [-0.15, -0.1) is 0 Å². The zero-order chi connectivity index (χ0) is 24.1. The van der Waals surface area contributed by atoms with E-state index in [9.17, 15) is 30.6 Å². The van der Waals surface area contributed by atoms with Gasteiger partial charge in [-0.2, -0.15) is 5.26 Å². The number of aliphatic hydroxyl groups excluding tert-OH is 1. The number of nitro benzene ring substituents is 2. The number of thioether (sulfide) groups is 1. The second-order valence-corrected chi connectivity index (χ2v) is 7.86. The van der Waals surface area contributed by atoms with Crippen LogP contribution in [0.3, 0.4) is 0 Å². The molecule has 0 heterocycles. The van der Waals surface area contributed by atoms with E-state index in [0.717, 1.165) is 30.0 Å². The summed E-state index contributed by atoms with van der Waals surface area (Å²) in [6.07, 6.45) is -1.47. The van der Waals surface area contributed by atoms with E-state index in [0.29, 0.717) is 16.1 Å². The zero-order valence-corrected chi connectivity index (χ0v) is 17.7. The summed E-state index contributed by atoms with van der Waals surface area (Å²) in [6, 6.07) is 18.2. The molecule has 0 radical (unpaired) electrons. The molecular weight excluding hydrogens is 446 g/mol. The maximum Gasteiger partial charge on any atom is 0.282 e. The standard InChI is InChI=1S/C22H17N5O5S/c23-12-17(22(25)33-20-7-2-1-6-18(20)24)13-4-3-5-14(10-13)21(28)16-9-8-15(26(29)30)11-19(16)27(31)32/h1-11,21,28H,24-25H2/b22-17-. The van der Waals surface area contributed by atoms with Gasteiger partial charge in [0.05, 0.1) is 32.1 Å². The number of rotatable bonds is 7. The van der Waals surface area contributed by atoms with E-state index in [1.165, 1.54) is 12.1 Å². The van der Waals surface area contributed by atoms with Crippen molar-refractivity contribution >= 4 is 34.4 Å². The van der Waals surface area contributed by atoms with Gasteiger partial charge in [0.25, 0.3) is 11.4 Å². The molecule has 5 N–H and O–H groups in total. The smallest absolute Gasteiger partial charge is 0.282 e. The third-order valence-corrected chi connectivity index (χ3v) is 5.72. The summed E-state index contributed by atoms with van der Waals surface area (Å²) in [5, 5.41) is 43.1. The van der Waals surface area contributed by atoms with Gasteiger partial charge in [0.2, 0.25) is 0 Å². The van der Waals surface area contributed by atoms with Crippen molar-refractivity contribution in [3.63, 3.8) is 0 Å². The number of nitrogen functional groups attached to an aromatic ring is 1. The van der Waals surface area contributed by atoms with Crippen LogP contribution in [0.15, 0.2) is 76.7 Å². The maximum absolute atomic E-state index is 11.4. The van der Waals surface area contributed by atoms with Crippen LogP contribution in [0.5, 0.6) is 0 Å². The number of non-ortho nitro benzene ring substituents is 1. The summed E-state index contributed by atoms with van der Waals surface area (Å²) in [4.78, 5) is 21.5. The maximum atomic E-state index is 11.4. The molecule has 0 aromatic heterocycles. The number of hydrogen-bond acceptors (Lipinski definition) is 9. The Morgan fingerprint density at radius 2 is 1.76 bits per heavy atom. The molecule has 10 nitrogen and oxygen atoms in total. The van der Waals surface area contributed by atoms with E-state index in [4.69, 9.17) is 11.5 Å². The molecule has 0 fully saturated rings. The highest BCUT2D eigenvalue weighted by molar-refractivity contribution is 8.03. The molecule has 3 rings (SSSR count). The number of nitro groups is 2.